The van der Waals surface area contributed by atoms with Crippen LogP contribution in [0.25, 0.3) is 10.9 Å². The molecule has 1 aromatic carbocycles. The standard InChI is InChI=1S/C21H23FN6/c1-15-24-20-12-23-7-6-19(20)21(25-15)28-13-18(14-28)27-10-8-26(9-11-27)17-4-2-16(22)3-5-17/h2-7,12,18H,8-11,13-14H2,1H3. The number of hydrogen-bond acceptors (Lipinski definition) is 6. The highest BCUT2D eigenvalue weighted by Crippen LogP contribution is 2.29. The molecule has 0 spiro atoms. The predicted octanol–water partition coefficient (Wildman–Crippen LogP) is 2.48. The van der Waals surface area contributed by atoms with Crippen LogP contribution in [0.1, 0.15) is 5.82 Å². The van der Waals surface area contributed by atoms with E-state index in [4.69, 9.17) is 4.98 Å². The Kier molecular flexibility index (Phi) is 4.31. The number of pyridine rings is 1. The molecule has 3 aromatic rings. The van der Waals surface area contributed by atoms with Crippen LogP contribution >= 0.6 is 0 Å². The lowest BCUT2D eigenvalue weighted by atomic mass is 10.0. The van der Waals surface area contributed by atoms with Crippen molar-refractivity contribution in [2.75, 3.05) is 49.1 Å². The Labute approximate surface area is 163 Å². The molecule has 2 aliphatic heterocycles. The van der Waals surface area contributed by atoms with Crippen LogP contribution in [0.5, 0.6) is 0 Å². The molecule has 0 amide bonds. The zero-order valence-corrected chi connectivity index (χ0v) is 15.9. The second kappa shape index (κ2) is 6.98. The fraction of sp³-hybridized carbons (Fsp3) is 0.381. The van der Waals surface area contributed by atoms with E-state index in [-0.39, 0.29) is 5.82 Å². The van der Waals surface area contributed by atoms with Gasteiger partial charge in [0.05, 0.1) is 11.7 Å². The van der Waals surface area contributed by atoms with Crippen molar-refractivity contribution in [3.63, 3.8) is 0 Å². The minimum Gasteiger partial charge on any atom is -0.369 e. The van der Waals surface area contributed by atoms with Gasteiger partial charge < -0.3 is 9.80 Å². The highest BCUT2D eigenvalue weighted by atomic mass is 19.1. The first kappa shape index (κ1) is 17.3. The van der Waals surface area contributed by atoms with E-state index in [1.54, 1.807) is 12.4 Å². The van der Waals surface area contributed by atoms with E-state index in [1.807, 2.05) is 25.1 Å². The van der Waals surface area contributed by atoms with Crippen LogP contribution in [0.3, 0.4) is 0 Å². The Hall–Kier alpha value is -2.80. The van der Waals surface area contributed by atoms with Crippen molar-refractivity contribution in [1.29, 1.82) is 0 Å². The molecule has 0 radical (unpaired) electrons. The molecule has 28 heavy (non-hydrogen) atoms. The lowest BCUT2D eigenvalue weighted by Crippen LogP contribution is -2.63. The molecule has 4 heterocycles. The van der Waals surface area contributed by atoms with Crippen LogP contribution in [-0.2, 0) is 0 Å². The number of aryl methyl sites for hydroxylation is 1. The van der Waals surface area contributed by atoms with Crippen molar-refractivity contribution >= 4 is 22.4 Å². The summed E-state index contributed by atoms with van der Waals surface area (Å²) in [5, 5.41) is 1.07. The van der Waals surface area contributed by atoms with E-state index in [9.17, 15) is 4.39 Å². The Bertz CT molecular complexity index is 978. The first-order valence-corrected chi connectivity index (χ1v) is 9.75. The number of aromatic nitrogens is 3. The Morgan fingerprint density at radius 3 is 2.43 bits per heavy atom. The maximum atomic E-state index is 13.1. The molecule has 2 fully saturated rings. The highest BCUT2D eigenvalue weighted by molar-refractivity contribution is 5.89. The Morgan fingerprint density at radius 2 is 1.68 bits per heavy atom. The van der Waals surface area contributed by atoms with E-state index >= 15 is 0 Å². The van der Waals surface area contributed by atoms with Crippen molar-refractivity contribution in [2.24, 2.45) is 0 Å². The first-order chi connectivity index (χ1) is 13.7. The minimum atomic E-state index is -0.180. The van der Waals surface area contributed by atoms with Gasteiger partial charge in [-0.15, -0.1) is 0 Å². The molecular formula is C21H23FN6. The number of fused-ring (bicyclic) bond motifs is 1. The maximum absolute atomic E-state index is 13.1. The summed E-state index contributed by atoms with van der Waals surface area (Å²) in [6.45, 7) is 7.93. The molecule has 2 aromatic heterocycles. The van der Waals surface area contributed by atoms with Crippen LogP contribution in [0.2, 0.25) is 0 Å². The molecule has 0 atom stereocenters. The molecule has 7 heteroatoms. The van der Waals surface area contributed by atoms with Gasteiger partial charge in [0.2, 0.25) is 0 Å². The fourth-order valence-corrected chi connectivity index (χ4v) is 4.17. The third-order valence-corrected chi connectivity index (χ3v) is 5.78. The van der Waals surface area contributed by atoms with E-state index in [2.05, 4.69) is 24.7 Å². The second-order valence-corrected chi connectivity index (χ2v) is 7.55. The Balaban J connectivity index is 1.22. The van der Waals surface area contributed by atoms with Gasteiger partial charge in [0.15, 0.2) is 0 Å². The monoisotopic (exact) mass is 378 g/mol. The number of hydrogen-bond donors (Lipinski definition) is 0. The zero-order valence-electron chi connectivity index (χ0n) is 15.9. The molecular weight excluding hydrogens is 355 g/mol. The average molecular weight is 378 g/mol. The van der Waals surface area contributed by atoms with Gasteiger partial charge in [-0.1, -0.05) is 0 Å². The molecule has 6 nitrogen and oxygen atoms in total. The SMILES string of the molecule is Cc1nc(N2CC(N3CCN(c4ccc(F)cc4)CC3)C2)c2ccncc2n1. The topological polar surface area (TPSA) is 48.4 Å². The third kappa shape index (κ3) is 3.16. The number of halogens is 1. The molecule has 2 aliphatic rings. The number of anilines is 2. The molecule has 5 rings (SSSR count). The molecule has 0 saturated carbocycles. The van der Waals surface area contributed by atoms with Crippen LogP contribution in [-0.4, -0.2) is 65.2 Å². The smallest absolute Gasteiger partial charge is 0.140 e. The lowest BCUT2D eigenvalue weighted by Gasteiger charge is -2.49. The maximum Gasteiger partial charge on any atom is 0.140 e. The summed E-state index contributed by atoms with van der Waals surface area (Å²) >= 11 is 0. The van der Waals surface area contributed by atoms with Gasteiger partial charge in [-0.3, -0.25) is 9.88 Å². The van der Waals surface area contributed by atoms with Crippen LogP contribution in [0.15, 0.2) is 42.7 Å². The van der Waals surface area contributed by atoms with Crippen molar-refractivity contribution in [1.82, 2.24) is 19.9 Å². The Morgan fingerprint density at radius 1 is 0.929 bits per heavy atom. The molecule has 0 N–H and O–H groups in total. The van der Waals surface area contributed by atoms with Crippen LogP contribution < -0.4 is 9.80 Å². The van der Waals surface area contributed by atoms with Gasteiger partial charge in [-0.25, -0.2) is 14.4 Å². The summed E-state index contributed by atoms with van der Waals surface area (Å²) in [4.78, 5) is 20.6. The van der Waals surface area contributed by atoms with E-state index in [0.717, 1.165) is 67.5 Å². The predicted molar refractivity (Wildman–Crippen MR) is 108 cm³/mol. The van der Waals surface area contributed by atoms with Crippen molar-refractivity contribution < 1.29 is 4.39 Å². The number of rotatable bonds is 3. The summed E-state index contributed by atoms with van der Waals surface area (Å²) in [6, 6.07) is 9.37. The molecule has 144 valence electrons. The van der Waals surface area contributed by atoms with Gasteiger partial charge in [-0.2, -0.15) is 0 Å². The largest absolute Gasteiger partial charge is 0.369 e. The zero-order chi connectivity index (χ0) is 19.1. The van der Waals surface area contributed by atoms with Gasteiger partial charge in [0.1, 0.15) is 17.5 Å². The molecule has 0 unspecified atom stereocenters. The highest BCUT2D eigenvalue weighted by Gasteiger charge is 2.35. The number of piperazine rings is 1. The van der Waals surface area contributed by atoms with Crippen molar-refractivity contribution in [2.45, 2.75) is 13.0 Å². The average Bonchev–Trinajstić information content (AvgIpc) is 2.68. The van der Waals surface area contributed by atoms with Crippen molar-refractivity contribution in [3.05, 3.63) is 54.4 Å². The number of nitrogens with zero attached hydrogens (tertiary/aromatic N) is 6. The summed E-state index contributed by atoms with van der Waals surface area (Å²) in [6.07, 6.45) is 3.61. The second-order valence-electron chi connectivity index (χ2n) is 7.55. The summed E-state index contributed by atoms with van der Waals surface area (Å²) in [7, 11) is 0. The third-order valence-electron chi connectivity index (χ3n) is 5.78. The van der Waals surface area contributed by atoms with Gasteiger partial charge >= 0.3 is 0 Å². The normalized spacial score (nSPS) is 18.5. The van der Waals surface area contributed by atoms with Crippen LogP contribution in [0, 0.1) is 12.7 Å². The molecule has 2 saturated heterocycles. The summed E-state index contributed by atoms with van der Waals surface area (Å²) in [5.74, 6) is 1.62. The summed E-state index contributed by atoms with van der Waals surface area (Å²) in [5.41, 5.74) is 2.01. The summed E-state index contributed by atoms with van der Waals surface area (Å²) < 4.78 is 13.1. The van der Waals surface area contributed by atoms with E-state index < -0.39 is 0 Å². The van der Waals surface area contributed by atoms with E-state index in [1.165, 1.54) is 12.1 Å². The van der Waals surface area contributed by atoms with Gasteiger partial charge in [0, 0.05) is 62.6 Å². The lowest BCUT2D eigenvalue weighted by molar-refractivity contribution is 0.157. The first-order valence-electron chi connectivity index (χ1n) is 9.75. The van der Waals surface area contributed by atoms with Crippen molar-refractivity contribution in [3.8, 4) is 0 Å². The van der Waals surface area contributed by atoms with Crippen LogP contribution in [0.4, 0.5) is 15.9 Å². The molecule has 0 aliphatic carbocycles. The van der Waals surface area contributed by atoms with E-state index in [0.29, 0.717) is 6.04 Å². The van der Waals surface area contributed by atoms with Gasteiger partial charge in [-0.05, 0) is 37.3 Å². The molecule has 0 bridgehead atoms. The quantitative estimate of drug-likeness (QED) is 0.698. The fourth-order valence-electron chi connectivity index (χ4n) is 4.17. The van der Waals surface area contributed by atoms with Gasteiger partial charge in [0.25, 0.3) is 0 Å². The number of benzene rings is 1. The minimum absolute atomic E-state index is 0.180.